The third-order valence-corrected chi connectivity index (χ3v) is 3.97. The second-order valence-electron chi connectivity index (χ2n) is 5.09. The van der Waals surface area contributed by atoms with E-state index in [4.69, 9.17) is 15.2 Å². The number of nitrogen functional groups attached to an aromatic ring is 1. The van der Waals surface area contributed by atoms with Gasteiger partial charge < -0.3 is 15.2 Å². The molecule has 1 aromatic rings. The van der Waals surface area contributed by atoms with Crippen LogP contribution in [0.4, 0.5) is 5.82 Å². The zero-order chi connectivity index (χ0) is 13.6. The fourth-order valence-electron chi connectivity index (χ4n) is 2.89. The van der Waals surface area contributed by atoms with Gasteiger partial charge in [0.05, 0.1) is 25.0 Å². The lowest BCUT2D eigenvalue weighted by molar-refractivity contribution is -0.132. The molecule has 5 nitrogen and oxygen atoms in total. The van der Waals surface area contributed by atoms with Crippen LogP contribution in [0.2, 0.25) is 0 Å². The van der Waals surface area contributed by atoms with E-state index in [0.717, 1.165) is 22.4 Å². The maximum Gasteiger partial charge on any atom is 0.161 e. The number of fused-ring (bicyclic) bond motifs is 3. The van der Waals surface area contributed by atoms with Gasteiger partial charge in [-0.2, -0.15) is 0 Å². The van der Waals surface area contributed by atoms with Crippen molar-refractivity contribution in [3.63, 3.8) is 0 Å². The van der Waals surface area contributed by atoms with Gasteiger partial charge >= 0.3 is 0 Å². The minimum atomic E-state index is -0.345. The van der Waals surface area contributed by atoms with Crippen LogP contribution >= 0.6 is 0 Å². The second kappa shape index (κ2) is 4.58. The third kappa shape index (κ3) is 1.93. The lowest BCUT2D eigenvalue weighted by atomic mass is 9.92. The molecule has 3 heterocycles. The first-order valence-electron chi connectivity index (χ1n) is 6.67. The first-order chi connectivity index (χ1) is 9.11. The smallest absolute Gasteiger partial charge is 0.161 e. The standard InChI is InChI=1S/C14H18N2O3/c1-3-11(17)12-4-8-9-5-18-7(2)13(9)14(15)16-10(8)6-19-12/h7,12H,3-6H2,1-2H3,(H2,15,16). The van der Waals surface area contributed by atoms with Crippen molar-refractivity contribution in [3.05, 3.63) is 22.4 Å². The van der Waals surface area contributed by atoms with Crippen LogP contribution < -0.4 is 5.73 Å². The zero-order valence-corrected chi connectivity index (χ0v) is 11.2. The molecule has 0 aromatic carbocycles. The number of hydrogen-bond donors (Lipinski definition) is 1. The van der Waals surface area contributed by atoms with Gasteiger partial charge in [-0.05, 0) is 18.1 Å². The van der Waals surface area contributed by atoms with E-state index in [1.807, 2.05) is 13.8 Å². The van der Waals surface area contributed by atoms with Crippen molar-refractivity contribution in [1.29, 1.82) is 0 Å². The molecule has 5 heteroatoms. The van der Waals surface area contributed by atoms with E-state index in [1.54, 1.807) is 0 Å². The number of Topliss-reactive ketones (excluding diaryl/α,β-unsaturated/α-hetero) is 1. The lowest BCUT2D eigenvalue weighted by Gasteiger charge is -2.25. The molecule has 0 spiro atoms. The molecule has 102 valence electrons. The minimum absolute atomic E-state index is 0.0176. The van der Waals surface area contributed by atoms with Gasteiger partial charge in [-0.15, -0.1) is 0 Å². The summed E-state index contributed by atoms with van der Waals surface area (Å²) in [6.45, 7) is 4.75. The maximum absolute atomic E-state index is 11.8. The van der Waals surface area contributed by atoms with Crippen molar-refractivity contribution in [3.8, 4) is 0 Å². The number of hydrogen-bond acceptors (Lipinski definition) is 5. The van der Waals surface area contributed by atoms with Crippen molar-refractivity contribution in [1.82, 2.24) is 4.98 Å². The summed E-state index contributed by atoms with van der Waals surface area (Å²) in [5.74, 6) is 0.672. The summed E-state index contributed by atoms with van der Waals surface area (Å²) in [5, 5.41) is 0. The Balaban J connectivity index is 2.03. The van der Waals surface area contributed by atoms with Crippen LogP contribution in [-0.4, -0.2) is 16.9 Å². The molecule has 0 fully saturated rings. The fourth-order valence-corrected chi connectivity index (χ4v) is 2.89. The molecule has 0 aliphatic carbocycles. The SMILES string of the molecule is CCC(=O)C1Cc2c(nc(N)c3c2COC3C)CO1. The number of carbonyl (C=O) groups excluding carboxylic acids is 1. The average molecular weight is 262 g/mol. The van der Waals surface area contributed by atoms with Crippen LogP contribution in [0.15, 0.2) is 0 Å². The molecule has 2 unspecified atom stereocenters. The predicted molar refractivity (Wildman–Crippen MR) is 69.4 cm³/mol. The van der Waals surface area contributed by atoms with Crippen molar-refractivity contribution < 1.29 is 14.3 Å². The first kappa shape index (κ1) is 12.6. The molecule has 2 aliphatic rings. The summed E-state index contributed by atoms with van der Waals surface area (Å²) in [6.07, 6.45) is 0.726. The number of pyridine rings is 1. The number of aromatic nitrogens is 1. The molecule has 1 aromatic heterocycles. The van der Waals surface area contributed by atoms with Gasteiger partial charge in [-0.25, -0.2) is 4.98 Å². The molecule has 19 heavy (non-hydrogen) atoms. The monoisotopic (exact) mass is 262 g/mol. The molecule has 0 amide bonds. The molecule has 2 aliphatic heterocycles. The summed E-state index contributed by atoms with van der Waals surface area (Å²) in [5.41, 5.74) is 10.1. The van der Waals surface area contributed by atoms with Crippen LogP contribution in [0.1, 0.15) is 48.8 Å². The summed E-state index contributed by atoms with van der Waals surface area (Å²) in [4.78, 5) is 16.2. The van der Waals surface area contributed by atoms with Gasteiger partial charge in [0, 0.05) is 18.4 Å². The first-order valence-corrected chi connectivity index (χ1v) is 6.67. The van der Waals surface area contributed by atoms with Gasteiger partial charge in [-0.1, -0.05) is 6.92 Å². The fraction of sp³-hybridized carbons (Fsp3) is 0.571. The highest BCUT2D eigenvalue weighted by Gasteiger charge is 2.33. The highest BCUT2D eigenvalue weighted by Crippen LogP contribution is 2.38. The average Bonchev–Trinajstić information content (AvgIpc) is 2.81. The quantitative estimate of drug-likeness (QED) is 0.877. The Morgan fingerprint density at radius 3 is 2.89 bits per heavy atom. The molecule has 0 saturated carbocycles. The summed E-state index contributed by atoms with van der Waals surface area (Å²) >= 11 is 0. The topological polar surface area (TPSA) is 74.4 Å². The van der Waals surface area contributed by atoms with Gasteiger partial charge in [0.15, 0.2) is 5.78 Å². The van der Waals surface area contributed by atoms with Crippen molar-refractivity contribution >= 4 is 11.6 Å². The van der Waals surface area contributed by atoms with Crippen LogP contribution in [-0.2, 0) is 33.9 Å². The Morgan fingerprint density at radius 1 is 1.37 bits per heavy atom. The molecule has 3 rings (SSSR count). The largest absolute Gasteiger partial charge is 0.383 e. The van der Waals surface area contributed by atoms with Crippen LogP contribution in [0.25, 0.3) is 0 Å². The summed E-state index contributed by atoms with van der Waals surface area (Å²) < 4.78 is 11.2. The Bertz CT molecular complexity index is 542. The minimum Gasteiger partial charge on any atom is -0.383 e. The number of rotatable bonds is 2. The van der Waals surface area contributed by atoms with Gasteiger partial charge in [0.1, 0.15) is 11.9 Å². The van der Waals surface area contributed by atoms with Crippen molar-refractivity contribution in [2.75, 3.05) is 5.73 Å². The number of ketones is 1. The van der Waals surface area contributed by atoms with Crippen molar-refractivity contribution in [2.45, 2.75) is 52.1 Å². The summed E-state index contributed by atoms with van der Waals surface area (Å²) in [7, 11) is 0. The van der Waals surface area contributed by atoms with E-state index in [9.17, 15) is 4.79 Å². The summed E-state index contributed by atoms with van der Waals surface area (Å²) in [6, 6.07) is 0. The number of nitrogens with two attached hydrogens (primary N) is 1. The highest BCUT2D eigenvalue weighted by atomic mass is 16.5. The number of ether oxygens (including phenoxy) is 2. The van der Waals surface area contributed by atoms with E-state index in [1.165, 1.54) is 0 Å². The van der Waals surface area contributed by atoms with E-state index in [2.05, 4.69) is 4.98 Å². The van der Waals surface area contributed by atoms with E-state index >= 15 is 0 Å². The van der Waals surface area contributed by atoms with Gasteiger partial charge in [-0.3, -0.25) is 4.79 Å². The number of carbonyl (C=O) groups is 1. The number of nitrogens with zero attached hydrogens (tertiary/aromatic N) is 1. The molecule has 2 N–H and O–H groups in total. The van der Waals surface area contributed by atoms with Crippen LogP contribution in [0, 0.1) is 0 Å². The van der Waals surface area contributed by atoms with Gasteiger partial charge in [0.2, 0.25) is 0 Å². The van der Waals surface area contributed by atoms with Crippen molar-refractivity contribution in [2.24, 2.45) is 0 Å². The predicted octanol–water partition coefficient (Wildman–Crippen LogP) is 1.68. The Hall–Kier alpha value is -1.46. The molecule has 0 bridgehead atoms. The normalized spacial score (nSPS) is 24.9. The molecule has 2 atom stereocenters. The number of anilines is 1. The second-order valence-corrected chi connectivity index (χ2v) is 5.09. The molecule has 0 saturated heterocycles. The molecular formula is C14H18N2O3. The lowest BCUT2D eigenvalue weighted by Crippen LogP contribution is -2.31. The van der Waals surface area contributed by atoms with E-state index in [0.29, 0.717) is 31.9 Å². The van der Waals surface area contributed by atoms with E-state index < -0.39 is 0 Å². The van der Waals surface area contributed by atoms with Crippen LogP contribution in [0.3, 0.4) is 0 Å². The Kier molecular flexibility index (Phi) is 3.03. The zero-order valence-electron chi connectivity index (χ0n) is 11.2. The maximum atomic E-state index is 11.8. The van der Waals surface area contributed by atoms with E-state index in [-0.39, 0.29) is 18.0 Å². The highest BCUT2D eigenvalue weighted by molar-refractivity contribution is 5.83. The van der Waals surface area contributed by atoms with Crippen LogP contribution in [0.5, 0.6) is 0 Å². The third-order valence-electron chi connectivity index (χ3n) is 3.97. The Morgan fingerprint density at radius 2 is 2.16 bits per heavy atom. The molecule has 0 radical (unpaired) electrons. The Labute approximate surface area is 112 Å². The molecular weight excluding hydrogens is 244 g/mol. The van der Waals surface area contributed by atoms with Gasteiger partial charge in [0.25, 0.3) is 0 Å².